The van der Waals surface area contributed by atoms with E-state index in [0.717, 1.165) is 30.5 Å². The van der Waals surface area contributed by atoms with Crippen LogP contribution in [0, 0.1) is 5.41 Å². The van der Waals surface area contributed by atoms with E-state index in [4.69, 9.17) is 0 Å². The monoisotopic (exact) mass is 205 g/mol. The lowest BCUT2D eigenvalue weighted by Gasteiger charge is -2.28. The highest BCUT2D eigenvalue weighted by atomic mass is 16.1. The summed E-state index contributed by atoms with van der Waals surface area (Å²) in [5, 5.41) is 4.38. The van der Waals surface area contributed by atoms with Gasteiger partial charge in [0.25, 0.3) is 0 Å². The molecule has 1 aromatic heterocycles. The number of aromatic nitrogens is 2. The Morgan fingerprint density at radius 1 is 1.53 bits per heavy atom. The van der Waals surface area contributed by atoms with Gasteiger partial charge in [0.05, 0.1) is 5.69 Å². The molecule has 15 heavy (non-hydrogen) atoms. The number of carbonyl (C=O) groups excluding carboxylic acids is 1. The quantitative estimate of drug-likeness (QED) is 0.519. The Kier molecular flexibility index (Phi) is 2.24. The second-order valence-corrected chi connectivity index (χ2v) is 4.92. The van der Waals surface area contributed by atoms with Gasteiger partial charge < -0.3 is 0 Å². The Morgan fingerprint density at radius 3 is 2.93 bits per heavy atom. The summed E-state index contributed by atoms with van der Waals surface area (Å²) >= 11 is 0. The highest BCUT2D eigenvalue weighted by Gasteiger charge is 2.30. The Labute approximate surface area is 89.0 Å². The molecule has 4 nitrogen and oxygen atoms in total. The zero-order chi connectivity index (χ0) is 11.1. The number of fused-ring (bicyclic) bond motifs is 1. The maximum atomic E-state index is 10.3. The van der Waals surface area contributed by atoms with Crippen LogP contribution in [0.5, 0.6) is 0 Å². The summed E-state index contributed by atoms with van der Waals surface area (Å²) in [6.07, 6.45) is 4.66. The molecule has 4 heteroatoms. The van der Waals surface area contributed by atoms with E-state index in [-0.39, 0.29) is 5.41 Å². The fourth-order valence-electron chi connectivity index (χ4n) is 2.20. The fraction of sp³-hybridized carbons (Fsp3) is 0.636. The lowest BCUT2D eigenvalue weighted by atomic mass is 9.76. The molecule has 0 fully saturated rings. The Morgan fingerprint density at radius 2 is 2.27 bits per heavy atom. The van der Waals surface area contributed by atoms with Crippen molar-refractivity contribution in [3.8, 4) is 0 Å². The zero-order valence-electron chi connectivity index (χ0n) is 9.37. The molecule has 1 aliphatic carbocycles. The number of nitrogens with zero attached hydrogens (tertiary/aromatic N) is 3. The van der Waals surface area contributed by atoms with Gasteiger partial charge >= 0.3 is 0 Å². The van der Waals surface area contributed by atoms with E-state index >= 15 is 0 Å². The smallest absolute Gasteiger partial charge is 0.242 e. The van der Waals surface area contributed by atoms with Crippen LogP contribution in [0.15, 0.2) is 4.99 Å². The highest BCUT2D eigenvalue weighted by molar-refractivity contribution is 5.52. The van der Waals surface area contributed by atoms with Crippen molar-refractivity contribution in [2.75, 3.05) is 0 Å². The van der Waals surface area contributed by atoms with Gasteiger partial charge in [-0.15, -0.1) is 4.99 Å². The molecule has 1 heterocycles. The third kappa shape index (κ3) is 1.73. The predicted molar refractivity (Wildman–Crippen MR) is 56.8 cm³/mol. The summed E-state index contributed by atoms with van der Waals surface area (Å²) in [5.74, 6) is 0.674. The van der Waals surface area contributed by atoms with E-state index in [0.29, 0.717) is 5.82 Å². The number of rotatable bonds is 1. The first-order chi connectivity index (χ1) is 7.03. The molecule has 0 bridgehead atoms. The maximum absolute atomic E-state index is 10.3. The van der Waals surface area contributed by atoms with Gasteiger partial charge in [0.1, 0.15) is 0 Å². The standard InChI is InChI=1S/C11H15N3O/c1-11(2)5-4-9-8(6-11)10(12-7-15)14(3)13-9/h4-6H2,1-3H3. The molecule has 1 aromatic rings. The van der Waals surface area contributed by atoms with E-state index in [1.807, 2.05) is 7.05 Å². The van der Waals surface area contributed by atoms with Crippen molar-refractivity contribution >= 4 is 11.9 Å². The van der Waals surface area contributed by atoms with Gasteiger partial charge in [0.15, 0.2) is 5.82 Å². The summed E-state index contributed by atoms with van der Waals surface area (Å²) in [4.78, 5) is 14.1. The molecule has 80 valence electrons. The van der Waals surface area contributed by atoms with Crippen LogP contribution in [0.4, 0.5) is 5.82 Å². The van der Waals surface area contributed by atoms with Crippen molar-refractivity contribution in [1.29, 1.82) is 0 Å². The molecular formula is C11H15N3O. The molecule has 0 unspecified atom stereocenters. The van der Waals surface area contributed by atoms with Crippen LogP contribution in [0.3, 0.4) is 0 Å². The first-order valence-electron chi connectivity index (χ1n) is 5.16. The number of hydrogen-bond donors (Lipinski definition) is 0. The second-order valence-electron chi connectivity index (χ2n) is 4.92. The van der Waals surface area contributed by atoms with Gasteiger partial charge in [-0.2, -0.15) is 5.10 Å². The molecule has 1 aliphatic rings. The molecular weight excluding hydrogens is 190 g/mol. The van der Waals surface area contributed by atoms with Crippen molar-refractivity contribution in [2.45, 2.75) is 33.1 Å². The maximum Gasteiger partial charge on any atom is 0.242 e. The minimum Gasteiger partial charge on any atom is -0.250 e. The molecule has 0 radical (unpaired) electrons. The molecule has 0 aromatic carbocycles. The minimum atomic E-state index is 0.281. The number of aliphatic imine (C=N–C) groups is 1. The largest absolute Gasteiger partial charge is 0.250 e. The van der Waals surface area contributed by atoms with Gasteiger partial charge in [-0.3, -0.25) is 0 Å². The molecule has 2 rings (SSSR count). The summed E-state index contributed by atoms with van der Waals surface area (Å²) in [5.41, 5.74) is 2.49. The van der Waals surface area contributed by atoms with Crippen molar-refractivity contribution in [2.24, 2.45) is 17.5 Å². The fourth-order valence-corrected chi connectivity index (χ4v) is 2.20. The predicted octanol–water partition coefficient (Wildman–Crippen LogP) is 1.90. The lowest BCUT2D eigenvalue weighted by Crippen LogP contribution is -2.21. The third-order valence-corrected chi connectivity index (χ3v) is 3.04. The SMILES string of the molecule is Cn1nc2c(c1N=C=O)CC(C)(C)CC2. The average molecular weight is 205 g/mol. The molecule has 0 saturated heterocycles. The second kappa shape index (κ2) is 3.31. The van der Waals surface area contributed by atoms with Crippen LogP contribution in [0.25, 0.3) is 0 Å². The van der Waals surface area contributed by atoms with Gasteiger partial charge in [-0.1, -0.05) is 13.8 Å². The van der Waals surface area contributed by atoms with E-state index in [2.05, 4.69) is 23.9 Å². The molecule has 0 atom stereocenters. The average Bonchev–Trinajstić information content (AvgIpc) is 2.43. The van der Waals surface area contributed by atoms with Gasteiger partial charge in [-0.25, -0.2) is 9.48 Å². The Bertz CT molecular complexity index is 439. The number of isocyanates is 1. The van der Waals surface area contributed by atoms with Gasteiger partial charge in [0.2, 0.25) is 6.08 Å². The highest BCUT2D eigenvalue weighted by Crippen LogP contribution is 2.38. The van der Waals surface area contributed by atoms with Crippen LogP contribution < -0.4 is 0 Å². The normalized spacial score (nSPS) is 18.1. The number of aryl methyl sites for hydroxylation is 2. The minimum absolute atomic E-state index is 0.281. The topological polar surface area (TPSA) is 47.2 Å². The van der Waals surface area contributed by atoms with Crippen LogP contribution in [0.2, 0.25) is 0 Å². The van der Waals surface area contributed by atoms with Gasteiger partial charge in [0, 0.05) is 12.6 Å². The third-order valence-electron chi connectivity index (χ3n) is 3.04. The van der Waals surface area contributed by atoms with Crippen molar-refractivity contribution in [3.63, 3.8) is 0 Å². The van der Waals surface area contributed by atoms with E-state index in [9.17, 15) is 4.79 Å². The molecule has 0 spiro atoms. The zero-order valence-corrected chi connectivity index (χ0v) is 9.37. The Balaban J connectivity index is 2.51. The number of hydrogen-bond acceptors (Lipinski definition) is 3. The lowest BCUT2D eigenvalue weighted by molar-refractivity contribution is 0.314. The molecule has 0 N–H and O–H groups in total. The van der Waals surface area contributed by atoms with E-state index in [1.54, 1.807) is 10.8 Å². The van der Waals surface area contributed by atoms with Crippen LogP contribution in [-0.2, 0) is 24.7 Å². The van der Waals surface area contributed by atoms with Crippen LogP contribution in [0.1, 0.15) is 31.5 Å². The first kappa shape index (κ1) is 10.1. The summed E-state index contributed by atoms with van der Waals surface area (Å²) < 4.78 is 1.68. The van der Waals surface area contributed by atoms with Gasteiger partial charge in [-0.05, 0) is 24.7 Å². The van der Waals surface area contributed by atoms with Crippen molar-refractivity contribution in [1.82, 2.24) is 9.78 Å². The van der Waals surface area contributed by atoms with E-state index < -0.39 is 0 Å². The first-order valence-corrected chi connectivity index (χ1v) is 5.16. The molecule has 0 saturated carbocycles. The summed E-state index contributed by atoms with van der Waals surface area (Å²) in [6, 6.07) is 0. The summed E-state index contributed by atoms with van der Waals surface area (Å²) in [6.45, 7) is 4.47. The van der Waals surface area contributed by atoms with Crippen LogP contribution >= 0.6 is 0 Å². The van der Waals surface area contributed by atoms with Crippen molar-refractivity contribution in [3.05, 3.63) is 11.3 Å². The van der Waals surface area contributed by atoms with E-state index in [1.165, 1.54) is 0 Å². The Hall–Kier alpha value is -1.41. The van der Waals surface area contributed by atoms with Crippen LogP contribution in [-0.4, -0.2) is 15.9 Å². The molecule has 0 amide bonds. The summed E-state index contributed by atoms with van der Waals surface area (Å²) in [7, 11) is 1.82. The molecule has 0 aliphatic heterocycles. The van der Waals surface area contributed by atoms with Crippen molar-refractivity contribution < 1.29 is 4.79 Å².